The van der Waals surface area contributed by atoms with Crippen LogP contribution in [0.4, 0.5) is 11.4 Å². The van der Waals surface area contributed by atoms with E-state index in [9.17, 15) is 9.00 Å². The molecule has 10 heteroatoms. The average molecular weight is 523 g/mol. The van der Waals surface area contributed by atoms with Crippen LogP contribution in [0.1, 0.15) is 11.1 Å². The largest absolute Gasteiger partial charge is 0.337 e. The Labute approximate surface area is 214 Å². The summed E-state index contributed by atoms with van der Waals surface area (Å²) in [6.07, 6.45) is 0. The lowest BCUT2D eigenvalue weighted by Crippen LogP contribution is -2.29. The Kier molecular flexibility index (Phi) is 7.07. The molecule has 7 nitrogen and oxygen atoms in total. The van der Waals surface area contributed by atoms with Crippen LogP contribution in [0.25, 0.3) is 0 Å². The zero-order chi connectivity index (χ0) is 24.4. The van der Waals surface area contributed by atoms with Gasteiger partial charge >= 0.3 is 0 Å². The van der Waals surface area contributed by atoms with E-state index in [1.54, 1.807) is 16.7 Å². The molecule has 178 valence electrons. The van der Waals surface area contributed by atoms with Crippen LogP contribution < -0.4 is 9.62 Å². The van der Waals surface area contributed by atoms with Crippen molar-refractivity contribution in [2.45, 2.75) is 18.0 Å². The number of aliphatic imine (C=N–C) groups is 1. The van der Waals surface area contributed by atoms with E-state index in [0.717, 1.165) is 26.7 Å². The van der Waals surface area contributed by atoms with Crippen molar-refractivity contribution < 1.29 is 13.6 Å². The number of nitrogens with one attached hydrogen (secondary N) is 1. The maximum absolute atomic E-state index is 13.7. The number of rotatable bonds is 6. The molecular formula is C25H22N4O3S3. The normalized spacial score (nSPS) is 19.5. The van der Waals surface area contributed by atoms with Crippen LogP contribution in [-0.2, 0) is 29.2 Å². The second-order valence-electron chi connectivity index (χ2n) is 7.87. The molecule has 3 aromatic carbocycles. The highest BCUT2D eigenvalue weighted by Gasteiger charge is 2.39. The Morgan fingerprint density at radius 2 is 1.66 bits per heavy atom. The van der Waals surface area contributed by atoms with Crippen LogP contribution in [0.5, 0.6) is 0 Å². The summed E-state index contributed by atoms with van der Waals surface area (Å²) >= 11 is 0.928. The highest BCUT2D eigenvalue weighted by molar-refractivity contribution is 8.19. The number of amides is 1. The fourth-order valence-electron chi connectivity index (χ4n) is 3.77. The van der Waals surface area contributed by atoms with Crippen LogP contribution in [0.15, 0.2) is 98.7 Å². The van der Waals surface area contributed by atoms with Gasteiger partial charge in [-0.25, -0.2) is 13.9 Å². The van der Waals surface area contributed by atoms with E-state index in [2.05, 4.69) is 21.8 Å². The van der Waals surface area contributed by atoms with Gasteiger partial charge in [0, 0.05) is 18.5 Å². The summed E-state index contributed by atoms with van der Waals surface area (Å²) in [4.78, 5) is 24.1. The number of hydrogen-bond acceptors (Lipinski definition) is 6. The molecule has 1 saturated heterocycles. The Balaban J connectivity index is 1.47. The van der Waals surface area contributed by atoms with Gasteiger partial charge in [-0.1, -0.05) is 66.4 Å². The second kappa shape index (κ2) is 10.4. The second-order valence-corrected chi connectivity index (χ2v) is 10.7. The molecule has 0 spiro atoms. The summed E-state index contributed by atoms with van der Waals surface area (Å²) in [5, 5.41) is 1.52. The van der Waals surface area contributed by atoms with E-state index in [-0.39, 0.29) is 12.5 Å². The number of para-hydroxylation sites is 1. The summed E-state index contributed by atoms with van der Waals surface area (Å²) in [5.74, 6) is -0.0639. The van der Waals surface area contributed by atoms with Crippen molar-refractivity contribution in [2.75, 3.05) is 11.9 Å². The monoisotopic (exact) mass is 522 g/mol. The van der Waals surface area contributed by atoms with Crippen molar-refractivity contribution in [3.05, 3.63) is 99.9 Å². The first-order valence-corrected chi connectivity index (χ1v) is 13.5. The molecule has 35 heavy (non-hydrogen) atoms. The first-order valence-electron chi connectivity index (χ1n) is 10.8. The van der Waals surface area contributed by atoms with Gasteiger partial charge in [0.25, 0.3) is 5.91 Å². The number of amidine groups is 1. The van der Waals surface area contributed by atoms with E-state index in [1.807, 2.05) is 73.8 Å². The Hall–Kier alpha value is -2.89. The zero-order valence-electron chi connectivity index (χ0n) is 18.7. The summed E-state index contributed by atoms with van der Waals surface area (Å²) in [6.45, 7) is 0.696. The van der Waals surface area contributed by atoms with Crippen LogP contribution in [0.2, 0.25) is 0 Å². The van der Waals surface area contributed by atoms with Gasteiger partial charge in [0.15, 0.2) is 5.17 Å². The first kappa shape index (κ1) is 23.8. The molecular weight excluding hydrogens is 501 g/mol. The summed E-state index contributed by atoms with van der Waals surface area (Å²) < 4.78 is 22.2. The maximum atomic E-state index is 13.7. The lowest BCUT2D eigenvalue weighted by Gasteiger charge is -2.17. The molecule has 1 atom stereocenters. The number of benzene rings is 3. The van der Waals surface area contributed by atoms with E-state index in [1.165, 1.54) is 11.8 Å². The molecule has 2 aliphatic heterocycles. The number of carbonyl (C=O) groups excluding carboxylic acids is 1. The molecule has 3 aromatic rings. The quantitative estimate of drug-likeness (QED) is 0.347. The fraction of sp³-hybridized carbons (Fsp3) is 0.120. The Bertz CT molecular complexity index is 1340. The van der Waals surface area contributed by atoms with Gasteiger partial charge in [0.2, 0.25) is 11.3 Å². The summed E-state index contributed by atoms with van der Waals surface area (Å²) in [5.41, 5.74) is 3.67. The van der Waals surface area contributed by atoms with Crippen LogP contribution in [0.3, 0.4) is 0 Å². The zero-order valence-corrected chi connectivity index (χ0v) is 21.2. The van der Waals surface area contributed by atoms with Crippen molar-refractivity contribution in [1.29, 1.82) is 0 Å². The molecule has 5 rings (SSSR count). The summed E-state index contributed by atoms with van der Waals surface area (Å²) in [6, 6.07) is 25.4. The molecule has 0 aliphatic carbocycles. The minimum atomic E-state index is -2.06. The number of anilines is 1. The third kappa shape index (κ3) is 5.21. The fourth-order valence-corrected chi connectivity index (χ4v) is 6.40. The van der Waals surface area contributed by atoms with Crippen LogP contribution in [-0.4, -0.2) is 31.8 Å². The van der Waals surface area contributed by atoms with Gasteiger partial charge in [0.05, 0.1) is 22.9 Å². The van der Waals surface area contributed by atoms with Crippen molar-refractivity contribution >= 4 is 57.2 Å². The molecule has 2 aliphatic rings. The van der Waals surface area contributed by atoms with E-state index < -0.39 is 11.3 Å². The minimum Gasteiger partial charge on any atom is -0.337 e. The number of fused-ring (bicyclic) bond motifs is 1. The van der Waals surface area contributed by atoms with Crippen molar-refractivity contribution in [3.8, 4) is 0 Å². The van der Waals surface area contributed by atoms with Gasteiger partial charge in [0.1, 0.15) is 4.91 Å². The van der Waals surface area contributed by atoms with E-state index in [0.29, 0.717) is 22.3 Å². The molecule has 2 N–H and O–H groups in total. The predicted octanol–water partition coefficient (Wildman–Crippen LogP) is 5.09. The maximum Gasteiger partial charge on any atom is 0.269 e. The van der Waals surface area contributed by atoms with Gasteiger partial charge < -0.3 is 4.90 Å². The number of hydrogen-bond donors (Lipinski definition) is 2. The molecule has 0 radical (unpaired) electrons. The SMILES string of the molecule is CN1C(=C2SC(=Nc3ccc(CNS(=O)O)cc3)N(Cc3ccccc3)C2=O)Sc2ccccc21. The molecule has 0 bridgehead atoms. The Morgan fingerprint density at radius 3 is 2.37 bits per heavy atom. The molecule has 2 heterocycles. The Morgan fingerprint density at radius 1 is 0.943 bits per heavy atom. The molecule has 1 unspecified atom stereocenters. The standard InChI is InChI=1S/C25H22N4O3S3/c1-28-20-9-5-6-10-21(20)33-24(28)22-23(30)29(16-18-7-3-2-4-8-18)25(34-22)27-19-13-11-17(12-14-19)15-26-35(31)32/h2-14,26H,15-16H2,1H3,(H,31,32). The van der Waals surface area contributed by atoms with Crippen LogP contribution in [0, 0.1) is 0 Å². The number of thioether (sulfide) groups is 2. The van der Waals surface area contributed by atoms with Gasteiger partial charge in [-0.2, -0.15) is 0 Å². The third-order valence-electron chi connectivity index (χ3n) is 5.54. The number of carbonyl (C=O) groups is 1. The predicted molar refractivity (Wildman–Crippen MR) is 143 cm³/mol. The molecule has 1 amide bonds. The number of nitrogens with zero attached hydrogens (tertiary/aromatic N) is 3. The lowest BCUT2D eigenvalue weighted by molar-refractivity contribution is -0.122. The van der Waals surface area contributed by atoms with Crippen molar-refractivity contribution in [1.82, 2.24) is 9.62 Å². The highest BCUT2D eigenvalue weighted by atomic mass is 32.2. The minimum absolute atomic E-state index is 0.0639. The molecule has 1 fully saturated rings. The van der Waals surface area contributed by atoms with Gasteiger partial charge in [-0.05, 0) is 47.2 Å². The van der Waals surface area contributed by atoms with E-state index in [4.69, 9.17) is 9.55 Å². The van der Waals surface area contributed by atoms with Crippen molar-refractivity contribution in [3.63, 3.8) is 0 Å². The van der Waals surface area contributed by atoms with E-state index >= 15 is 0 Å². The third-order valence-corrected chi connectivity index (χ3v) is 8.36. The first-order chi connectivity index (χ1) is 17.0. The van der Waals surface area contributed by atoms with Gasteiger partial charge in [-0.15, -0.1) is 0 Å². The highest BCUT2D eigenvalue weighted by Crippen LogP contribution is 2.50. The van der Waals surface area contributed by atoms with Gasteiger partial charge in [-0.3, -0.25) is 14.2 Å². The smallest absolute Gasteiger partial charge is 0.269 e. The average Bonchev–Trinajstić information content (AvgIpc) is 3.36. The van der Waals surface area contributed by atoms with Crippen LogP contribution >= 0.6 is 23.5 Å². The van der Waals surface area contributed by atoms with Crippen molar-refractivity contribution in [2.24, 2.45) is 4.99 Å². The summed E-state index contributed by atoms with van der Waals surface area (Å²) in [7, 11) is 1.98. The topological polar surface area (TPSA) is 85.2 Å². The molecule has 0 saturated carbocycles. The molecule has 0 aromatic heterocycles. The lowest BCUT2D eigenvalue weighted by atomic mass is 10.2.